The van der Waals surface area contributed by atoms with E-state index in [0.29, 0.717) is 11.3 Å². The molecule has 1 aromatic heterocycles. The van der Waals surface area contributed by atoms with Gasteiger partial charge in [0.15, 0.2) is 5.76 Å². The van der Waals surface area contributed by atoms with Crippen molar-refractivity contribution in [1.82, 2.24) is 10.2 Å². The van der Waals surface area contributed by atoms with Crippen molar-refractivity contribution in [2.75, 3.05) is 19.6 Å². The number of phenols is 1. The molecule has 0 saturated carbocycles. The third-order valence-corrected chi connectivity index (χ3v) is 6.15. The molecule has 4 N–H and O–H groups in total. The van der Waals surface area contributed by atoms with E-state index in [1.165, 1.54) is 23.1 Å². The number of phenolic OH excluding ortho intramolecular Hbond substituents is 1. The molecule has 36 heavy (non-hydrogen) atoms. The summed E-state index contributed by atoms with van der Waals surface area (Å²) >= 11 is 0. The van der Waals surface area contributed by atoms with Gasteiger partial charge in [0, 0.05) is 37.5 Å². The van der Waals surface area contributed by atoms with E-state index in [2.05, 4.69) is 5.32 Å². The molecule has 10 nitrogen and oxygen atoms in total. The van der Waals surface area contributed by atoms with Gasteiger partial charge >= 0.3 is 6.09 Å². The molecule has 1 aliphatic heterocycles. The highest BCUT2D eigenvalue weighted by Crippen LogP contribution is 2.42. The number of ether oxygens (including phenoxy) is 1. The lowest BCUT2D eigenvalue weighted by Crippen LogP contribution is -2.48. The molecule has 196 valence electrons. The number of benzene rings is 1. The third kappa shape index (κ3) is 6.57. The number of carbonyl (C=O) groups is 2. The van der Waals surface area contributed by atoms with Gasteiger partial charge in [-0.2, -0.15) is 0 Å². The first-order valence-electron chi connectivity index (χ1n) is 11.9. The zero-order valence-corrected chi connectivity index (χ0v) is 21.0. The fraction of sp³-hybridized carbons (Fsp3) is 0.500. The van der Waals surface area contributed by atoms with E-state index in [1.807, 2.05) is 0 Å². The van der Waals surface area contributed by atoms with Crippen LogP contribution in [-0.2, 0) is 14.9 Å². The number of likely N-dealkylation sites (tertiary alicyclic amines) is 1. The summed E-state index contributed by atoms with van der Waals surface area (Å²) in [5.41, 5.74) is -1.88. The van der Waals surface area contributed by atoms with Gasteiger partial charge in [0.05, 0.1) is 6.10 Å². The highest BCUT2D eigenvalue weighted by molar-refractivity contribution is 5.78. The minimum absolute atomic E-state index is 0.00136. The molecule has 1 unspecified atom stereocenters. The number of rotatable bonds is 6. The maximum absolute atomic E-state index is 13.0. The zero-order chi connectivity index (χ0) is 26.7. The normalized spacial score (nSPS) is 16.3. The second kappa shape index (κ2) is 10.6. The van der Waals surface area contributed by atoms with E-state index in [-0.39, 0.29) is 50.4 Å². The second-order valence-corrected chi connectivity index (χ2v) is 10.2. The van der Waals surface area contributed by atoms with Crippen LogP contribution in [0.2, 0.25) is 0 Å². The van der Waals surface area contributed by atoms with E-state index in [0.717, 1.165) is 0 Å². The van der Waals surface area contributed by atoms with E-state index < -0.39 is 40.3 Å². The largest absolute Gasteiger partial charge is 0.508 e. The molecule has 0 radical (unpaired) electrons. The molecule has 0 aliphatic carbocycles. The van der Waals surface area contributed by atoms with Crippen LogP contribution in [0.5, 0.6) is 11.5 Å². The quantitative estimate of drug-likeness (QED) is 0.471. The lowest BCUT2D eigenvalue weighted by Gasteiger charge is -2.41. The first-order chi connectivity index (χ1) is 16.8. The Kier molecular flexibility index (Phi) is 7.98. The highest BCUT2D eigenvalue weighted by atomic mass is 16.6. The maximum atomic E-state index is 13.0. The summed E-state index contributed by atoms with van der Waals surface area (Å²) in [6, 6.07) is 7.28. The van der Waals surface area contributed by atoms with Crippen LogP contribution in [0.3, 0.4) is 0 Å². The van der Waals surface area contributed by atoms with E-state index >= 15 is 0 Å². The maximum Gasteiger partial charge on any atom is 0.410 e. The predicted octanol–water partition coefficient (Wildman–Crippen LogP) is 2.87. The average molecular weight is 503 g/mol. The Morgan fingerprint density at radius 2 is 1.86 bits per heavy atom. The summed E-state index contributed by atoms with van der Waals surface area (Å²) in [6.45, 7) is 7.25. The monoisotopic (exact) mass is 502 g/mol. The standard InChI is InChI=1S/C26H34N2O8/c1-16-12-19(30)22(33)23(35-16)26(8-10-28(11-9-26)24(34)36-25(2,3)4)14-21(32)27-15-20(31)17-6-5-7-18(29)13-17/h5-7,12-13,20,29,31,33H,8-11,14-15H2,1-4H3,(H,27,32). The summed E-state index contributed by atoms with van der Waals surface area (Å²) in [5.74, 6) is -0.678. The molecule has 1 aromatic carbocycles. The molecule has 1 atom stereocenters. The van der Waals surface area contributed by atoms with Crippen molar-refractivity contribution in [3.8, 4) is 11.5 Å². The molecule has 2 heterocycles. The molecule has 1 saturated heterocycles. The number of aliphatic hydroxyl groups excluding tert-OH is 1. The minimum Gasteiger partial charge on any atom is -0.508 e. The van der Waals surface area contributed by atoms with Crippen LogP contribution < -0.4 is 10.7 Å². The van der Waals surface area contributed by atoms with Gasteiger partial charge in [-0.1, -0.05) is 12.1 Å². The Bertz CT molecular complexity index is 1160. The number of aliphatic hydroxyl groups is 1. The number of aromatic hydroxyl groups is 2. The Labute approximate surface area is 209 Å². The van der Waals surface area contributed by atoms with E-state index in [9.17, 15) is 29.7 Å². The van der Waals surface area contributed by atoms with E-state index in [4.69, 9.17) is 9.15 Å². The third-order valence-electron chi connectivity index (χ3n) is 6.15. The number of piperidine rings is 1. The SMILES string of the molecule is Cc1cc(=O)c(O)c(C2(CC(=O)NCC(O)c3cccc(O)c3)CCN(C(=O)OC(C)(C)C)CC2)o1. The molecule has 2 aromatic rings. The summed E-state index contributed by atoms with van der Waals surface area (Å²) in [7, 11) is 0. The van der Waals surface area contributed by atoms with Gasteiger partial charge in [0.1, 0.15) is 17.1 Å². The lowest BCUT2D eigenvalue weighted by molar-refractivity contribution is -0.123. The predicted molar refractivity (Wildman–Crippen MR) is 131 cm³/mol. The van der Waals surface area contributed by atoms with Crippen LogP contribution in [0.1, 0.15) is 63.2 Å². The topological polar surface area (TPSA) is 150 Å². The van der Waals surface area contributed by atoms with Gasteiger partial charge in [-0.25, -0.2) is 4.79 Å². The number of nitrogens with zero attached hydrogens (tertiary/aromatic N) is 1. The molecule has 3 rings (SSSR count). The number of carbonyl (C=O) groups excluding carboxylic acids is 2. The average Bonchev–Trinajstić information content (AvgIpc) is 2.79. The van der Waals surface area contributed by atoms with E-state index in [1.54, 1.807) is 39.8 Å². The fourth-order valence-electron chi connectivity index (χ4n) is 4.32. The van der Waals surface area contributed by atoms with Gasteiger partial charge in [-0.15, -0.1) is 0 Å². The molecule has 0 spiro atoms. The number of hydrogen-bond donors (Lipinski definition) is 4. The van der Waals surface area contributed by atoms with Crippen molar-refractivity contribution in [2.45, 2.75) is 64.1 Å². The van der Waals surface area contributed by atoms with Crippen molar-refractivity contribution in [3.63, 3.8) is 0 Å². The summed E-state index contributed by atoms with van der Waals surface area (Å²) in [5, 5.41) is 33.3. The Hall–Kier alpha value is -3.53. The summed E-state index contributed by atoms with van der Waals surface area (Å²) in [6.07, 6.45) is -1.17. The van der Waals surface area contributed by atoms with Gasteiger partial charge in [-0.3, -0.25) is 9.59 Å². The van der Waals surface area contributed by atoms with Crippen molar-refractivity contribution >= 4 is 12.0 Å². The van der Waals surface area contributed by atoms with Gasteiger partial charge in [-0.05, 0) is 58.2 Å². The molecule has 10 heteroatoms. The number of aryl methyl sites for hydroxylation is 1. The Morgan fingerprint density at radius 1 is 1.19 bits per heavy atom. The summed E-state index contributed by atoms with van der Waals surface area (Å²) in [4.78, 5) is 39.4. The van der Waals surface area contributed by atoms with Crippen molar-refractivity contribution in [1.29, 1.82) is 0 Å². The lowest BCUT2D eigenvalue weighted by atomic mass is 9.72. The smallest absolute Gasteiger partial charge is 0.410 e. The molecule has 1 fully saturated rings. The number of hydrogen-bond acceptors (Lipinski definition) is 8. The van der Waals surface area contributed by atoms with Crippen LogP contribution >= 0.6 is 0 Å². The highest BCUT2D eigenvalue weighted by Gasteiger charge is 2.44. The fourth-order valence-corrected chi connectivity index (χ4v) is 4.32. The van der Waals surface area contributed by atoms with Crippen molar-refractivity contribution in [3.05, 3.63) is 57.6 Å². The van der Waals surface area contributed by atoms with Crippen LogP contribution in [0.15, 0.2) is 39.5 Å². The van der Waals surface area contributed by atoms with Crippen LogP contribution in [0.4, 0.5) is 4.79 Å². The minimum atomic E-state index is -1.05. The van der Waals surface area contributed by atoms with Crippen molar-refractivity contribution < 1.29 is 34.1 Å². The molecule has 2 amide bonds. The Balaban J connectivity index is 1.79. The molecule has 0 bridgehead atoms. The van der Waals surface area contributed by atoms with Crippen molar-refractivity contribution in [2.24, 2.45) is 0 Å². The first kappa shape index (κ1) is 27.1. The Morgan fingerprint density at radius 3 is 2.47 bits per heavy atom. The second-order valence-electron chi connectivity index (χ2n) is 10.2. The van der Waals surface area contributed by atoms with Gasteiger partial charge < -0.3 is 34.7 Å². The number of nitrogens with one attached hydrogen (secondary N) is 1. The van der Waals surface area contributed by atoms with Crippen LogP contribution in [0, 0.1) is 6.92 Å². The van der Waals surface area contributed by atoms with Crippen LogP contribution in [-0.4, -0.2) is 57.5 Å². The van der Waals surface area contributed by atoms with Gasteiger partial charge in [0.25, 0.3) is 0 Å². The first-order valence-corrected chi connectivity index (χ1v) is 11.9. The van der Waals surface area contributed by atoms with Gasteiger partial charge in [0.2, 0.25) is 17.1 Å². The zero-order valence-electron chi connectivity index (χ0n) is 21.0. The molecular weight excluding hydrogens is 468 g/mol. The van der Waals surface area contributed by atoms with Crippen LogP contribution in [0.25, 0.3) is 0 Å². The molecular formula is C26H34N2O8. The summed E-state index contributed by atoms with van der Waals surface area (Å²) < 4.78 is 11.2. The molecule has 1 aliphatic rings. The number of amides is 2.